The highest BCUT2D eigenvalue weighted by molar-refractivity contribution is 6.42. The predicted molar refractivity (Wildman–Crippen MR) is 97.8 cm³/mol. The second kappa shape index (κ2) is 6.19. The number of hydrogen-bond acceptors (Lipinski definition) is 3. The van der Waals surface area contributed by atoms with Crippen LogP contribution in [0.15, 0.2) is 54.6 Å². The number of rotatable bonds is 2. The van der Waals surface area contributed by atoms with Crippen LogP contribution < -0.4 is 4.90 Å². The Balaban J connectivity index is 2.02. The lowest BCUT2D eigenvalue weighted by atomic mass is 9.92. The molecule has 0 radical (unpaired) electrons. The minimum absolute atomic E-state index is 0.296. The van der Waals surface area contributed by atoms with E-state index in [2.05, 4.69) is 0 Å². The number of anilines is 1. The molecule has 0 aliphatic carbocycles. The van der Waals surface area contributed by atoms with Crippen LogP contribution >= 0.6 is 11.6 Å². The van der Waals surface area contributed by atoms with E-state index in [-0.39, 0.29) is 0 Å². The van der Waals surface area contributed by atoms with Crippen molar-refractivity contribution in [2.45, 2.75) is 37.7 Å². The van der Waals surface area contributed by atoms with Gasteiger partial charge in [-0.3, -0.25) is 4.79 Å². The maximum atomic E-state index is 13.1. The summed E-state index contributed by atoms with van der Waals surface area (Å²) >= 11 is 6.80. The van der Waals surface area contributed by atoms with Crippen molar-refractivity contribution in [3.8, 4) is 0 Å². The van der Waals surface area contributed by atoms with Gasteiger partial charge in [0.15, 0.2) is 4.87 Å². The summed E-state index contributed by atoms with van der Waals surface area (Å²) in [4.78, 5) is 25.4. The van der Waals surface area contributed by atoms with E-state index in [0.29, 0.717) is 17.7 Å². The topological polar surface area (TPSA) is 46.6 Å². The predicted octanol–water partition coefficient (Wildman–Crippen LogP) is 4.65. The van der Waals surface area contributed by atoms with Gasteiger partial charge in [0, 0.05) is 12.0 Å². The molecule has 0 unspecified atom stereocenters. The molecule has 2 aromatic carbocycles. The Morgan fingerprint density at radius 3 is 2.32 bits per heavy atom. The van der Waals surface area contributed by atoms with E-state index in [0.717, 1.165) is 10.5 Å². The number of carbonyl (C=O) groups is 2. The lowest BCUT2D eigenvalue weighted by Gasteiger charge is -2.25. The van der Waals surface area contributed by atoms with Crippen LogP contribution in [0.5, 0.6) is 0 Å². The first-order valence-corrected chi connectivity index (χ1v) is 8.50. The number of alkyl halides is 1. The van der Waals surface area contributed by atoms with Crippen LogP contribution in [-0.4, -0.2) is 17.6 Å². The summed E-state index contributed by atoms with van der Waals surface area (Å²) in [5.41, 5.74) is 1.32. The second-order valence-corrected chi connectivity index (χ2v) is 7.75. The molecule has 2 amide bonds. The average Bonchev–Trinajstić information content (AvgIpc) is 2.75. The van der Waals surface area contributed by atoms with Crippen molar-refractivity contribution in [1.82, 2.24) is 0 Å². The van der Waals surface area contributed by atoms with Crippen molar-refractivity contribution in [3.05, 3.63) is 65.7 Å². The third-order valence-corrected chi connectivity index (χ3v) is 4.48. The molecular formula is C20H20ClNO3. The van der Waals surface area contributed by atoms with Gasteiger partial charge in [-0.15, -0.1) is 11.6 Å². The molecule has 2 aromatic rings. The standard InChI is InChI=1S/C20H20ClNO3/c1-19(2,3)25-18(24)22-16-12-8-7-11-15(16)20(21,17(22)23)13-14-9-5-4-6-10-14/h4-12H,13H2,1-3H3/t20-/m1/s1. The first-order chi connectivity index (χ1) is 11.7. The number of ether oxygens (including phenoxy) is 1. The molecule has 25 heavy (non-hydrogen) atoms. The molecular weight excluding hydrogens is 338 g/mol. The quantitative estimate of drug-likeness (QED) is 0.735. The van der Waals surface area contributed by atoms with Gasteiger partial charge in [0.2, 0.25) is 0 Å². The van der Waals surface area contributed by atoms with Gasteiger partial charge >= 0.3 is 6.09 Å². The van der Waals surface area contributed by atoms with Crippen LogP contribution in [0.3, 0.4) is 0 Å². The van der Waals surface area contributed by atoms with Gasteiger partial charge in [0.1, 0.15) is 5.60 Å². The van der Waals surface area contributed by atoms with Gasteiger partial charge in [-0.1, -0.05) is 48.5 Å². The molecule has 3 rings (SSSR count). The molecule has 130 valence electrons. The lowest BCUT2D eigenvalue weighted by Crippen LogP contribution is -2.44. The number of carbonyl (C=O) groups excluding carboxylic acids is 2. The van der Waals surface area contributed by atoms with Crippen molar-refractivity contribution < 1.29 is 14.3 Å². The molecule has 5 heteroatoms. The zero-order valence-electron chi connectivity index (χ0n) is 14.5. The summed E-state index contributed by atoms with van der Waals surface area (Å²) in [5.74, 6) is -0.478. The number of nitrogens with zero attached hydrogens (tertiary/aromatic N) is 1. The molecule has 0 spiro atoms. The summed E-state index contributed by atoms with van der Waals surface area (Å²) in [5, 5.41) is 0. The largest absolute Gasteiger partial charge is 0.443 e. The molecule has 1 heterocycles. The van der Waals surface area contributed by atoms with E-state index in [9.17, 15) is 9.59 Å². The highest BCUT2D eigenvalue weighted by atomic mass is 35.5. The Kier molecular flexibility index (Phi) is 4.33. The zero-order chi connectivity index (χ0) is 18.2. The van der Waals surface area contributed by atoms with E-state index in [1.165, 1.54) is 0 Å². The fraction of sp³-hybridized carbons (Fsp3) is 0.300. The van der Waals surface area contributed by atoms with Crippen LogP contribution in [-0.2, 0) is 20.8 Å². The van der Waals surface area contributed by atoms with Crippen LogP contribution in [0.25, 0.3) is 0 Å². The van der Waals surface area contributed by atoms with E-state index in [1.807, 2.05) is 36.4 Å². The number of benzene rings is 2. The van der Waals surface area contributed by atoms with Crippen LogP contribution in [0.4, 0.5) is 10.5 Å². The number of halogens is 1. The summed E-state index contributed by atoms with van der Waals surface area (Å²) in [6, 6.07) is 16.6. The Hall–Kier alpha value is -2.33. The number of fused-ring (bicyclic) bond motifs is 1. The molecule has 0 N–H and O–H groups in total. The van der Waals surface area contributed by atoms with E-state index >= 15 is 0 Å². The maximum absolute atomic E-state index is 13.1. The summed E-state index contributed by atoms with van der Waals surface area (Å²) < 4.78 is 5.40. The fourth-order valence-corrected chi connectivity index (χ4v) is 3.34. The van der Waals surface area contributed by atoms with Crippen molar-refractivity contribution in [1.29, 1.82) is 0 Å². The SMILES string of the molecule is CC(C)(C)OC(=O)N1C(=O)[C@@](Cl)(Cc2ccccc2)c2ccccc21. The Morgan fingerprint density at radius 1 is 1.08 bits per heavy atom. The van der Waals surface area contributed by atoms with Crippen molar-refractivity contribution in [3.63, 3.8) is 0 Å². The van der Waals surface area contributed by atoms with E-state index in [1.54, 1.807) is 39.0 Å². The Bertz CT molecular complexity index is 813. The molecule has 4 nitrogen and oxygen atoms in total. The molecule has 0 saturated heterocycles. The minimum Gasteiger partial charge on any atom is -0.443 e. The normalized spacial score (nSPS) is 19.7. The smallest absolute Gasteiger partial charge is 0.421 e. The minimum atomic E-state index is -1.32. The Labute approximate surface area is 152 Å². The van der Waals surface area contributed by atoms with Gasteiger partial charge < -0.3 is 4.74 Å². The van der Waals surface area contributed by atoms with Crippen molar-refractivity contribution >= 4 is 29.3 Å². The molecule has 1 aliphatic rings. The third-order valence-electron chi connectivity index (χ3n) is 3.98. The summed E-state index contributed by atoms with van der Waals surface area (Å²) in [7, 11) is 0. The van der Waals surface area contributed by atoms with Crippen LogP contribution in [0.1, 0.15) is 31.9 Å². The third kappa shape index (κ3) is 3.27. The highest BCUT2D eigenvalue weighted by Crippen LogP contribution is 2.47. The number of imide groups is 1. The molecule has 0 bridgehead atoms. The van der Waals surface area contributed by atoms with Crippen LogP contribution in [0.2, 0.25) is 0 Å². The number of para-hydroxylation sites is 1. The van der Waals surface area contributed by atoms with Crippen molar-refractivity contribution in [2.24, 2.45) is 0 Å². The first kappa shape index (κ1) is 17.5. The monoisotopic (exact) mass is 357 g/mol. The van der Waals surface area contributed by atoms with Gasteiger partial charge in [-0.05, 0) is 32.4 Å². The summed E-state index contributed by atoms with van der Waals surface area (Å²) in [6.07, 6.45) is -0.412. The Morgan fingerprint density at radius 2 is 1.68 bits per heavy atom. The van der Waals surface area contributed by atoms with Gasteiger partial charge in [-0.2, -0.15) is 0 Å². The number of hydrogen-bond donors (Lipinski definition) is 0. The average molecular weight is 358 g/mol. The molecule has 0 saturated carbocycles. The molecule has 1 aliphatic heterocycles. The maximum Gasteiger partial charge on any atom is 0.421 e. The first-order valence-electron chi connectivity index (χ1n) is 8.12. The highest BCUT2D eigenvalue weighted by Gasteiger charge is 2.52. The van der Waals surface area contributed by atoms with E-state index < -0.39 is 22.5 Å². The van der Waals surface area contributed by atoms with Crippen LogP contribution in [0, 0.1) is 0 Å². The zero-order valence-corrected chi connectivity index (χ0v) is 15.2. The molecule has 0 aromatic heterocycles. The van der Waals surface area contributed by atoms with Gasteiger partial charge in [0.25, 0.3) is 5.91 Å². The second-order valence-electron chi connectivity index (χ2n) is 7.10. The summed E-state index contributed by atoms with van der Waals surface area (Å²) in [6.45, 7) is 5.28. The number of amides is 2. The lowest BCUT2D eigenvalue weighted by molar-refractivity contribution is -0.120. The fourth-order valence-electron chi connectivity index (χ4n) is 2.94. The van der Waals surface area contributed by atoms with E-state index in [4.69, 9.17) is 16.3 Å². The van der Waals surface area contributed by atoms with Gasteiger partial charge in [0.05, 0.1) is 5.69 Å². The van der Waals surface area contributed by atoms with Gasteiger partial charge in [-0.25, -0.2) is 9.69 Å². The van der Waals surface area contributed by atoms with Crippen molar-refractivity contribution in [2.75, 3.05) is 4.90 Å². The molecule has 1 atom stereocenters. The molecule has 0 fully saturated rings.